The smallest absolute Gasteiger partial charge is 0.0894 e. The molecular formula is C7H15ClFN. The normalized spacial score (nSPS) is 10.2. The Morgan fingerprint density at radius 2 is 1.80 bits per heavy atom. The molecule has 0 spiro atoms. The van der Waals surface area contributed by atoms with Crippen LogP contribution in [0, 0.1) is 0 Å². The van der Waals surface area contributed by atoms with E-state index in [9.17, 15) is 4.39 Å². The molecule has 10 heavy (non-hydrogen) atoms. The quantitative estimate of drug-likeness (QED) is 0.452. The molecule has 0 aromatic rings. The second-order valence-electron chi connectivity index (χ2n) is 2.19. The first-order valence-corrected chi connectivity index (χ1v) is 4.28. The lowest BCUT2D eigenvalue weighted by atomic mass is 10.3. The SMILES string of the molecule is FCCCCNCCCCl. The van der Waals surface area contributed by atoms with Crippen molar-refractivity contribution in [1.29, 1.82) is 0 Å². The average Bonchev–Trinajstić information content (AvgIpc) is 1.97. The maximum absolute atomic E-state index is 11.5. The van der Waals surface area contributed by atoms with Crippen molar-refractivity contribution in [3.05, 3.63) is 0 Å². The summed E-state index contributed by atoms with van der Waals surface area (Å²) < 4.78 is 11.5. The Morgan fingerprint density at radius 1 is 1.10 bits per heavy atom. The van der Waals surface area contributed by atoms with Gasteiger partial charge in [-0.1, -0.05) is 0 Å². The van der Waals surface area contributed by atoms with Crippen LogP contribution in [0.1, 0.15) is 19.3 Å². The van der Waals surface area contributed by atoms with Gasteiger partial charge in [-0.05, 0) is 32.4 Å². The van der Waals surface area contributed by atoms with Gasteiger partial charge in [-0.15, -0.1) is 11.6 Å². The Labute approximate surface area is 66.9 Å². The molecule has 0 rings (SSSR count). The Kier molecular flexibility index (Phi) is 9.35. The van der Waals surface area contributed by atoms with Crippen LogP contribution in [0.2, 0.25) is 0 Å². The Morgan fingerprint density at radius 3 is 2.40 bits per heavy atom. The fourth-order valence-corrected chi connectivity index (χ4v) is 0.795. The van der Waals surface area contributed by atoms with Crippen LogP contribution >= 0.6 is 11.6 Å². The van der Waals surface area contributed by atoms with Crippen LogP contribution in [0.4, 0.5) is 4.39 Å². The number of hydrogen-bond donors (Lipinski definition) is 1. The molecule has 0 radical (unpaired) electrons. The van der Waals surface area contributed by atoms with E-state index in [1.807, 2.05) is 0 Å². The van der Waals surface area contributed by atoms with E-state index in [1.165, 1.54) is 0 Å². The minimum Gasteiger partial charge on any atom is -0.317 e. The second-order valence-corrected chi connectivity index (χ2v) is 2.57. The van der Waals surface area contributed by atoms with Crippen molar-refractivity contribution >= 4 is 11.6 Å². The predicted molar refractivity (Wildman–Crippen MR) is 43.4 cm³/mol. The summed E-state index contributed by atoms with van der Waals surface area (Å²) >= 11 is 5.44. The van der Waals surface area contributed by atoms with Crippen LogP contribution in [0.3, 0.4) is 0 Å². The molecule has 0 unspecified atom stereocenters. The van der Waals surface area contributed by atoms with Gasteiger partial charge < -0.3 is 5.32 Å². The van der Waals surface area contributed by atoms with Crippen LogP contribution < -0.4 is 5.32 Å². The fourth-order valence-electron chi connectivity index (χ4n) is 0.661. The van der Waals surface area contributed by atoms with E-state index in [0.29, 0.717) is 12.3 Å². The van der Waals surface area contributed by atoms with Crippen LogP contribution in [-0.2, 0) is 0 Å². The van der Waals surface area contributed by atoms with Gasteiger partial charge in [-0.25, -0.2) is 0 Å². The third kappa shape index (κ3) is 8.18. The summed E-state index contributed by atoms with van der Waals surface area (Å²) in [7, 11) is 0. The largest absolute Gasteiger partial charge is 0.317 e. The Balaban J connectivity index is 2.65. The summed E-state index contributed by atoms with van der Waals surface area (Å²) in [6.45, 7) is 1.67. The molecule has 0 bridgehead atoms. The van der Waals surface area contributed by atoms with Crippen molar-refractivity contribution in [2.24, 2.45) is 0 Å². The minimum atomic E-state index is -0.197. The van der Waals surface area contributed by atoms with Gasteiger partial charge in [0.05, 0.1) is 6.67 Å². The van der Waals surface area contributed by atoms with Gasteiger partial charge in [0, 0.05) is 5.88 Å². The van der Waals surface area contributed by atoms with Gasteiger partial charge in [-0.2, -0.15) is 0 Å². The summed E-state index contributed by atoms with van der Waals surface area (Å²) in [4.78, 5) is 0. The van der Waals surface area contributed by atoms with Crippen LogP contribution in [0.25, 0.3) is 0 Å². The van der Waals surface area contributed by atoms with E-state index in [0.717, 1.165) is 25.9 Å². The zero-order chi connectivity index (χ0) is 7.66. The lowest BCUT2D eigenvalue weighted by Crippen LogP contribution is -2.16. The zero-order valence-electron chi connectivity index (χ0n) is 6.21. The van der Waals surface area contributed by atoms with E-state index in [4.69, 9.17) is 11.6 Å². The van der Waals surface area contributed by atoms with E-state index < -0.39 is 0 Å². The van der Waals surface area contributed by atoms with Crippen LogP contribution in [0.15, 0.2) is 0 Å². The van der Waals surface area contributed by atoms with E-state index in [1.54, 1.807) is 0 Å². The fraction of sp³-hybridized carbons (Fsp3) is 1.00. The maximum Gasteiger partial charge on any atom is 0.0894 e. The summed E-state index contributed by atoms with van der Waals surface area (Å²) in [5.41, 5.74) is 0. The Bertz CT molecular complexity index is 53.6. The molecule has 62 valence electrons. The van der Waals surface area contributed by atoms with Crippen molar-refractivity contribution < 1.29 is 4.39 Å². The number of nitrogens with one attached hydrogen (secondary N) is 1. The molecular weight excluding hydrogens is 153 g/mol. The Hall–Kier alpha value is 0.180. The standard InChI is InChI=1S/C7H15ClFN/c8-4-3-7-10-6-2-1-5-9/h10H,1-7H2. The van der Waals surface area contributed by atoms with Gasteiger partial charge >= 0.3 is 0 Å². The highest BCUT2D eigenvalue weighted by atomic mass is 35.5. The molecule has 0 saturated heterocycles. The number of hydrogen-bond acceptors (Lipinski definition) is 1. The molecule has 1 nitrogen and oxygen atoms in total. The highest BCUT2D eigenvalue weighted by Crippen LogP contribution is 1.87. The van der Waals surface area contributed by atoms with Crippen molar-refractivity contribution in [3.63, 3.8) is 0 Å². The molecule has 0 aliphatic rings. The zero-order valence-corrected chi connectivity index (χ0v) is 6.96. The van der Waals surface area contributed by atoms with Crippen molar-refractivity contribution in [3.8, 4) is 0 Å². The topological polar surface area (TPSA) is 12.0 Å². The minimum absolute atomic E-state index is 0.197. The molecule has 0 aromatic carbocycles. The van der Waals surface area contributed by atoms with Gasteiger partial charge in [0.15, 0.2) is 0 Å². The number of alkyl halides is 2. The van der Waals surface area contributed by atoms with Gasteiger partial charge in [0.25, 0.3) is 0 Å². The summed E-state index contributed by atoms with van der Waals surface area (Å²) in [6, 6.07) is 0. The first kappa shape index (κ1) is 10.2. The molecule has 3 heteroatoms. The first-order chi connectivity index (χ1) is 4.91. The monoisotopic (exact) mass is 167 g/mol. The molecule has 0 fully saturated rings. The molecule has 0 atom stereocenters. The molecule has 0 saturated carbocycles. The lowest BCUT2D eigenvalue weighted by Gasteiger charge is -2.00. The molecule has 0 heterocycles. The molecule has 0 aliphatic heterocycles. The number of unbranched alkanes of at least 4 members (excludes halogenated alkanes) is 1. The molecule has 0 amide bonds. The van der Waals surface area contributed by atoms with Gasteiger partial charge in [0.1, 0.15) is 0 Å². The summed E-state index contributed by atoms with van der Waals surface area (Å²) in [5, 5.41) is 3.17. The maximum atomic E-state index is 11.5. The van der Waals surface area contributed by atoms with E-state index in [-0.39, 0.29) is 6.67 Å². The van der Waals surface area contributed by atoms with Crippen molar-refractivity contribution in [2.75, 3.05) is 25.6 Å². The second kappa shape index (κ2) is 9.18. The molecule has 0 aliphatic carbocycles. The third-order valence-electron chi connectivity index (χ3n) is 1.22. The van der Waals surface area contributed by atoms with Crippen LogP contribution in [-0.4, -0.2) is 25.6 Å². The van der Waals surface area contributed by atoms with Crippen molar-refractivity contribution in [1.82, 2.24) is 5.32 Å². The van der Waals surface area contributed by atoms with Gasteiger partial charge in [-0.3, -0.25) is 4.39 Å². The third-order valence-corrected chi connectivity index (χ3v) is 1.49. The highest BCUT2D eigenvalue weighted by Gasteiger charge is 1.87. The summed E-state index contributed by atoms with van der Waals surface area (Å²) in [5.74, 6) is 0.704. The molecule has 0 aromatic heterocycles. The predicted octanol–water partition coefficient (Wildman–Crippen LogP) is 1.95. The first-order valence-electron chi connectivity index (χ1n) is 3.74. The average molecular weight is 168 g/mol. The highest BCUT2D eigenvalue weighted by molar-refractivity contribution is 6.17. The number of halogens is 2. The van der Waals surface area contributed by atoms with Crippen molar-refractivity contribution in [2.45, 2.75) is 19.3 Å². The number of rotatable bonds is 7. The molecule has 1 N–H and O–H groups in total. The lowest BCUT2D eigenvalue weighted by molar-refractivity contribution is 0.455. The van der Waals surface area contributed by atoms with E-state index in [2.05, 4.69) is 5.32 Å². The van der Waals surface area contributed by atoms with E-state index >= 15 is 0 Å². The van der Waals surface area contributed by atoms with Crippen LogP contribution in [0.5, 0.6) is 0 Å². The van der Waals surface area contributed by atoms with Gasteiger partial charge in [0.2, 0.25) is 0 Å². The summed E-state index contributed by atoms with van der Waals surface area (Å²) in [6.07, 6.45) is 2.60.